The minimum atomic E-state index is 0.504. The Labute approximate surface area is 119 Å². The third-order valence-corrected chi connectivity index (χ3v) is 4.00. The molecule has 0 radical (unpaired) electrons. The van der Waals surface area contributed by atoms with E-state index in [1.54, 1.807) is 12.5 Å². The van der Waals surface area contributed by atoms with Crippen LogP contribution in [0, 0.1) is 0 Å². The van der Waals surface area contributed by atoms with Crippen LogP contribution < -0.4 is 10.6 Å². The molecule has 2 aromatic heterocycles. The Bertz CT molecular complexity index is 432. The van der Waals surface area contributed by atoms with Gasteiger partial charge in [-0.1, -0.05) is 12.8 Å². The van der Waals surface area contributed by atoms with Crippen LogP contribution in [0.3, 0.4) is 0 Å². The fraction of sp³-hybridized carbons (Fsp3) is 0.500. The smallest absolute Gasteiger partial charge is 0.117 e. The maximum Gasteiger partial charge on any atom is 0.117 e. The van der Waals surface area contributed by atoms with Gasteiger partial charge in [0.15, 0.2) is 0 Å². The number of hydrogen-bond acceptors (Lipinski definition) is 4. The van der Waals surface area contributed by atoms with Crippen LogP contribution in [0.1, 0.15) is 37.2 Å². The van der Waals surface area contributed by atoms with Crippen LogP contribution in [0.2, 0.25) is 0 Å². The second kappa shape index (κ2) is 6.77. The Morgan fingerprint density at radius 2 is 1.35 bits per heavy atom. The third-order valence-electron chi connectivity index (χ3n) is 4.00. The van der Waals surface area contributed by atoms with E-state index in [0.29, 0.717) is 12.1 Å². The van der Waals surface area contributed by atoms with Crippen molar-refractivity contribution < 1.29 is 8.83 Å². The first-order valence-electron chi connectivity index (χ1n) is 7.43. The first kappa shape index (κ1) is 13.5. The molecule has 0 unspecified atom stereocenters. The van der Waals surface area contributed by atoms with E-state index in [2.05, 4.69) is 10.6 Å². The highest BCUT2D eigenvalue weighted by Gasteiger charge is 2.24. The molecular formula is C16H22N2O2. The number of rotatable bonds is 6. The van der Waals surface area contributed by atoms with Gasteiger partial charge < -0.3 is 19.5 Å². The van der Waals surface area contributed by atoms with Gasteiger partial charge in [0.1, 0.15) is 11.5 Å². The van der Waals surface area contributed by atoms with Crippen molar-refractivity contribution in [1.29, 1.82) is 0 Å². The van der Waals surface area contributed by atoms with E-state index in [-0.39, 0.29) is 0 Å². The number of furan rings is 2. The fourth-order valence-electron chi connectivity index (χ4n) is 2.91. The fourth-order valence-corrected chi connectivity index (χ4v) is 2.91. The van der Waals surface area contributed by atoms with Crippen molar-refractivity contribution in [3.63, 3.8) is 0 Å². The van der Waals surface area contributed by atoms with Crippen LogP contribution >= 0.6 is 0 Å². The molecule has 1 aliphatic carbocycles. The Hall–Kier alpha value is -1.52. The Kier molecular flexibility index (Phi) is 4.56. The maximum atomic E-state index is 5.38. The largest absolute Gasteiger partial charge is 0.468 e. The molecule has 4 nitrogen and oxygen atoms in total. The van der Waals surface area contributed by atoms with Crippen molar-refractivity contribution in [1.82, 2.24) is 10.6 Å². The van der Waals surface area contributed by atoms with Crippen molar-refractivity contribution in [2.24, 2.45) is 0 Å². The highest BCUT2D eigenvalue weighted by molar-refractivity contribution is 5.00. The minimum Gasteiger partial charge on any atom is -0.468 e. The Morgan fingerprint density at radius 1 is 0.850 bits per heavy atom. The van der Waals surface area contributed by atoms with E-state index < -0.39 is 0 Å². The summed E-state index contributed by atoms with van der Waals surface area (Å²) < 4.78 is 10.8. The summed E-state index contributed by atoms with van der Waals surface area (Å²) in [5.74, 6) is 2.00. The van der Waals surface area contributed by atoms with E-state index in [1.165, 1.54) is 25.7 Å². The predicted molar refractivity (Wildman–Crippen MR) is 77.1 cm³/mol. The average Bonchev–Trinajstić information content (AvgIpc) is 3.17. The summed E-state index contributed by atoms with van der Waals surface area (Å²) in [4.78, 5) is 0. The lowest BCUT2D eigenvalue weighted by atomic mass is 9.90. The highest BCUT2D eigenvalue weighted by Crippen LogP contribution is 2.19. The Morgan fingerprint density at radius 3 is 1.75 bits per heavy atom. The number of hydrogen-bond donors (Lipinski definition) is 2. The molecule has 0 amide bonds. The van der Waals surface area contributed by atoms with Gasteiger partial charge in [0.05, 0.1) is 25.6 Å². The summed E-state index contributed by atoms with van der Waals surface area (Å²) in [6, 6.07) is 8.91. The summed E-state index contributed by atoms with van der Waals surface area (Å²) in [5.41, 5.74) is 0. The zero-order valence-electron chi connectivity index (χ0n) is 11.7. The van der Waals surface area contributed by atoms with Gasteiger partial charge >= 0.3 is 0 Å². The average molecular weight is 274 g/mol. The van der Waals surface area contributed by atoms with Crippen molar-refractivity contribution >= 4 is 0 Å². The third kappa shape index (κ3) is 3.52. The van der Waals surface area contributed by atoms with Crippen molar-refractivity contribution in [3.05, 3.63) is 48.3 Å². The van der Waals surface area contributed by atoms with Gasteiger partial charge in [0.25, 0.3) is 0 Å². The molecule has 0 aromatic carbocycles. The molecule has 0 bridgehead atoms. The maximum absolute atomic E-state index is 5.38. The highest BCUT2D eigenvalue weighted by atomic mass is 16.3. The second-order valence-corrected chi connectivity index (χ2v) is 5.42. The molecule has 2 aromatic rings. The molecule has 0 spiro atoms. The first-order chi connectivity index (χ1) is 9.92. The standard InChI is InChI=1S/C16H22N2O2/c1-2-8-16(18-12-14-6-4-10-20-14)15(7-1)17-11-13-5-3-9-19-13/h3-6,9-10,15-18H,1-2,7-8,11-12H2/t15-,16-/m1/s1. The van der Waals surface area contributed by atoms with Crippen LogP contribution in [0.15, 0.2) is 45.6 Å². The van der Waals surface area contributed by atoms with Gasteiger partial charge in [0.2, 0.25) is 0 Å². The zero-order chi connectivity index (χ0) is 13.6. The summed E-state index contributed by atoms with van der Waals surface area (Å²) in [6.45, 7) is 1.60. The quantitative estimate of drug-likeness (QED) is 0.850. The molecule has 1 saturated carbocycles. The second-order valence-electron chi connectivity index (χ2n) is 5.42. The van der Waals surface area contributed by atoms with Gasteiger partial charge in [-0.2, -0.15) is 0 Å². The molecule has 108 valence electrons. The summed E-state index contributed by atoms with van der Waals surface area (Å²) in [5, 5.41) is 7.23. The molecule has 3 rings (SSSR count). The van der Waals surface area contributed by atoms with Crippen LogP contribution in [0.25, 0.3) is 0 Å². The lowest BCUT2D eigenvalue weighted by Gasteiger charge is -2.32. The molecule has 4 heteroatoms. The first-order valence-corrected chi connectivity index (χ1v) is 7.43. The normalized spacial score (nSPS) is 23.0. The Balaban J connectivity index is 1.50. The van der Waals surface area contributed by atoms with Gasteiger partial charge in [-0.25, -0.2) is 0 Å². The molecular weight excluding hydrogens is 252 g/mol. The van der Waals surface area contributed by atoms with E-state index in [9.17, 15) is 0 Å². The van der Waals surface area contributed by atoms with Gasteiger partial charge in [0, 0.05) is 12.1 Å². The predicted octanol–water partition coefficient (Wildman–Crippen LogP) is 3.06. The SMILES string of the molecule is c1coc(CN[C@@H]2CCCC[C@H]2NCc2ccco2)c1. The van der Waals surface area contributed by atoms with Crippen LogP contribution in [0.5, 0.6) is 0 Å². The van der Waals surface area contributed by atoms with Crippen molar-refractivity contribution in [3.8, 4) is 0 Å². The molecule has 2 heterocycles. The summed E-state index contributed by atoms with van der Waals surface area (Å²) in [7, 11) is 0. The molecule has 2 N–H and O–H groups in total. The van der Waals surface area contributed by atoms with Gasteiger partial charge in [-0.3, -0.25) is 0 Å². The van der Waals surface area contributed by atoms with E-state index >= 15 is 0 Å². The molecule has 0 aliphatic heterocycles. The van der Waals surface area contributed by atoms with Crippen molar-refractivity contribution in [2.75, 3.05) is 0 Å². The molecule has 20 heavy (non-hydrogen) atoms. The molecule has 0 saturated heterocycles. The van der Waals surface area contributed by atoms with Crippen LogP contribution in [0.4, 0.5) is 0 Å². The van der Waals surface area contributed by atoms with E-state index in [1.807, 2.05) is 24.3 Å². The van der Waals surface area contributed by atoms with Gasteiger partial charge in [-0.15, -0.1) is 0 Å². The summed E-state index contributed by atoms with van der Waals surface area (Å²) >= 11 is 0. The summed E-state index contributed by atoms with van der Waals surface area (Å²) in [6.07, 6.45) is 8.49. The monoisotopic (exact) mass is 274 g/mol. The van der Waals surface area contributed by atoms with Crippen LogP contribution in [-0.2, 0) is 13.1 Å². The molecule has 2 atom stereocenters. The van der Waals surface area contributed by atoms with E-state index in [0.717, 1.165) is 24.6 Å². The minimum absolute atomic E-state index is 0.504. The topological polar surface area (TPSA) is 50.3 Å². The van der Waals surface area contributed by atoms with Crippen LogP contribution in [-0.4, -0.2) is 12.1 Å². The molecule has 1 fully saturated rings. The zero-order valence-corrected chi connectivity index (χ0v) is 11.7. The lowest BCUT2D eigenvalue weighted by molar-refractivity contribution is 0.270. The van der Waals surface area contributed by atoms with Gasteiger partial charge in [-0.05, 0) is 37.1 Å². The van der Waals surface area contributed by atoms with Crippen molar-refractivity contribution in [2.45, 2.75) is 50.9 Å². The molecule has 1 aliphatic rings. The number of nitrogens with one attached hydrogen (secondary N) is 2. The lowest BCUT2D eigenvalue weighted by Crippen LogP contribution is -2.49. The van der Waals surface area contributed by atoms with E-state index in [4.69, 9.17) is 8.83 Å².